The first-order valence-corrected chi connectivity index (χ1v) is 10.6. The standard InChI is InChI=1S/C26H20N2O7/c29-27(30)23-15-19(11-13-25(23)34-21-7-3-1-4-8-21)17-33-18-20-12-14-26(24(16-20)28(31)32)35-22-9-5-2-6-10-22/h1-16H,17-18H2. The molecule has 0 aromatic heterocycles. The number of para-hydroxylation sites is 2. The topological polar surface area (TPSA) is 114 Å². The summed E-state index contributed by atoms with van der Waals surface area (Å²) in [6.07, 6.45) is 0. The van der Waals surface area contributed by atoms with Crippen LogP contribution < -0.4 is 9.47 Å². The first-order valence-electron chi connectivity index (χ1n) is 10.6. The normalized spacial score (nSPS) is 10.5. The van der Waals surface area contributed by atoms with Gasteiger partial charge in [0.1, 0.15) is 11.5 Å². The van der Waals surface area contributed by atoms with E-state index < -0.39 is 9.85 Å². The summed E-state index contributed by atoms with van der Waals surface area (Å²) in [5, 5.41) is 23.1. The number of nitro groups is 2. The molecule has 0 fully saturated rings. The monoisotopic (exact) mass is 472 g/mol. The number of nitro benzene ring substituents is 2. The van der Waals surface area contributed by atoms with Crippen LogP contribution in [0.15, 0.2) is 97.1 Å². The molecular weight excluding hydrogens is 452 g/mol. The van der Waals surface area contributed by atoms with Crippen LogP contribution in [0, 0.1) is 20.2 Å². The molecule has 4 aromatic rings. The zero-order valence-corrected chi connectivity index (χ0v) is 18.4. The van der Waals surface area contributed by atoms with E-state index in [0.717, 1.165) is 0 Å². The minimum Gasteiger partial charge on any atom is -0.450 e. The van der Waals surface area contributed by atoms with E-state index in [1.165, 1.54) is 24.3 Å². The van der Waals surface area contributed by atoms with Gasteiger partial charge in [0, 0.05) is 12.1 Å². The molecular formula is C26H20N2O7. The van der Waals surface area contributed by atoms with Crippen LogP contribution >= 0.6 is 0 Å². The third-order valence-electron chi connectivity index (χ3n) is 4.92. The van der Waals surface area contributed by atoms with Gasteiger partial charge in [-0.1, -0.05) is 48.5 Å². The minimum atomic E-state index is -0.517. The number of hydrogen-bond acceptors (Lipinski definition) is 7. The van der Waals surface area contributed by atoms with E-state index in [0.29, 0.717) is 22.6 Å². The lowest BCUT2D eigenvalue weighted by atomic mass is 10.2. The Kier molecular flexibility index (Phi) is 7.29. The van der Waals surface area contributed by atoms with Gasteiger partial charge in [-0.25, -0.2) is 0 Å². The lowest BCUT2D eigenvalue weighted by molar-refractivity contribution is -0.385. The van der Waals surface area contributed by atoms with Gasteiger partial charge in [0.05, 0.1) is 23.1 Å². The van der Waals surface area contributed by atoms with Crippen LogP contribution in [-0.2, 0) is 18.0 Å². The Morgan fingerprint density at radius 2 is 0.971 bits per heavy atom. The average Bonchev–Trinajstić information content (AvgIpc) is 2.86. The molecule has 0 unspecified atom stereocenters. The van der Waals surface area contributed by atoms with Crippen LogP contribution in [0.2, 0.25) is 0 Å². The predicted octanol–water partition coefficient (Wildman–Crippen LogP) is 6.80. The Hall–Kier alpha value is -4.76. The minimum absolute atomic E-state index is 0.0719. The third-order valence-corrected chi connectivity index (χ3v) is 4.92. The molecule has 35 heavy (non-hydrogen) atoms. The van der Waals surface area contributed by atoms with Crippen LogP contribution in [-0.4, -0.2) is 9.85 Å². The Morgan fingerprint density at radius 1 is 0.571 bits per heavy atom. The fourth-order valence-electron chi connectivity index (χ4n) is 3.28. The zero-order chi connectivity index (χ0) is 24.6. The van der Waals surface area contributed by atoms with Crippen LogP contribution in [0.25, 0.3) is 0 Å². The lowest BCUT2D eigenvalue weighted by Crippen LogP contribution is -1.99. The van der Waals surface area contributed by atoms with Gasteiger partial charge in [-0.05, 0) is 47.5 Å². The van der Waals surface area contributed by atoms with E-state index in [1.54, 1.807) is 60.7 Å². The predicted molar refractivity (Wildman–Crippen MR) is 128 cm³/mol. The van der Waals surface area contributed by atoms with Crippen LogP contribution in [0.3, 0.4) is 0 Å². The van der Waals surface area contributed by atoms with E-state index in [9.17, 15) is 20.2 Å². The van der Waals surface area contributed by atoms with Gasteiger partial charge in [-0.2, -0.15) is 0 Å². The van der Waals surface area contributed by atoms with Crippen molar-refractivity contribution in [2.24, 2.45) is 0 Å². The summed E-state index contributed by atoms with van der Waals surface area (Å²) in [6, 6.07) is 26.7. The number of benzene rings is 4. The summed E-state index contributed by atoms with van der Waals surface area (Å²) in [6.45, 7) is 0.144. The van der Waals surface area contributed by atoms with Gasteiger partial charge in [-0.15, -0.1) is 0 Å². The van der Waals surface area contributed by atoms with Crippen molar-refractivity contribution in [2.45, 2.75) is 13.2 Å². The van der Waals surface area contributed by atoms with E-state index in [4.69, 9.17) is 14.2 Å². The molecule has 9 nitrogen and oxygen atoms in total. The molecule has 9 heteroatoms. The van der Waals surface area contributed by atoms with Crippen molar-refractivity contribution in [1.82, 2.24) is 0 Å². The molecule has 0 atom stereocenters. The molecule has 0 saturated carbocycles. The maximum absolute atomic E-state index is 11.5. The van der Waals surface area contributed by atoms with Crippen LogP contribution in [0.5, 0.6) is 23.0 Å². The second-order valence-electron chi connectivity index (χ2n) is 7.44. The van der Waals surface area contributed by atoms with Gasteiger partial charge < -0.3 is 14.2 Å². The maximum Gasteiger partial charge on any atom is 0.311 e. The van der Waals surface area contributed by atoms with Crippen molar-refractivity contribution in [2.75, 3.05) is 0 Å². The first kappa shape index (κ1) is 23.4. The molecule has 0 N–H and O–H groups in total. The third kappa shape index (κ3) is 6.18. The zero-order valence-electron chi connectivity index (χ0n) is 18.4. The molecule has 4 rings (SSSR count). The Labute approximate surface area is 200 Å². The lowest BCUT2D eigenvalue weighted by Gasteiger charge is -2.10. The summed E-state index contributed by atoms with van der Waals surface area (Å²) >= 11 is 0. The highest BCUT2D eigenvalue weighted by molar-refractivity contribution is 5.51. The number of ether oxygens (including phenoxy) is 3. The molecule has 0 saturated heterocycles. The molecule has 0 spiro atoms. The van der Waals surface area contributed by atoms with Crippen molar-refractivity contribution >= 4 is 11.4 Å². The largest absolute Gasteiger partial charge is 0.450 e. The van der Waals surface area contributed by atoms with E-state index >= 15 is 0 Å². The molecule has 0 aliphatic heterocycles. The number of rotatable bonds is 10. The van der Waals surface area contributed by atoms with E-state index in [2.05, 4.69) is 0 Å². The fraction of sp³-hybridized carbons (Fsp3) is 0.0769. The van der Waals surface area contributed by atoms with Crippen molar-refractivity contribution in [3.05, 3.63) is 128 Å². The molecule has 0 heterocycles. The van der Waals surface area contributed by atoms with Crippen LogP contribution in [0.1, 0.15) is 11.1 Å². The SMILES string of the molecule is O=[N+]([O-])c1cc(COCc2ccc(Oc3ccccc3)c([N+](=O)[O-])c2)ccc1Oc1ccccc1. The summed E-state index contributed by atoms with van der Waals surface area (Å²) in [4.78, 5) is 22.0. The molecule has 0 amide bonds. The van der Waals surface area contributed by atoms with Gasteiger partial charge in [0.25, 0.3) is 0 Å². The van der Waals surface area contributed by atoms with Crippen molar-refractivity contribution < 1.29 is 24.1 Å². The molecule has 0 radical (unpaired) electrons. The first-order chi connectivity index (χ1) is 17.0. The fourth-order valence-corrected chi connectivity index (χ4v) is 3.28. The molecule has 176 valence electrons. The summed E-state index contributed by atoms with van der Waals surface area (Å²) < 4.78 is 16.9. The van der Waals surface area contributed by atoms with Gasteiger partial charge in [-0.3, -0.25) is 20.2 Å². The van der Waals surface area contributed by atoms with Crippen LogP contribution in [0.4, 0.5) is 11.4 Å². The highest BCUT2D eigenvalue weighted by atomic mass is 16.6. The molecule has 0 aliphatic carbocycles. The highest BCUT2D eigenvalue weighted by Gasteiger charge is 2.18. The highest BCUT2D eigenvalue weighted by Crippen LogP contribution is 2.34. The Balaban J connectivity index is 1.42. The Bertz CT molecular complexity index is 1230. The summed E-state index contributed by atoms with van der Waals surface area (Å²) in [5.74, 6) is 1.21. The average molecular weight is 472 g/mol. The van der Waals surface area contributed by atoms with E-state index in [1.807, 2.05) is 12.1 Å². The number of hydrogen-bond donors (Lipinski definition) is 0. The quantitative estimate of drug-likeness (QED) is 0.184. The van der Waals surface area contributed by atoms with Gasteiger partial charge in [0.2, 0.25) is 11.5 Å². The Morgan fingerprint density at radius 3 is 1.34 bits per heavy atom. The van der Waals surface area contributed by atoms with Gasteiger partial charge >= 0.3 is 11.4 Å². The number of nitrogens with zero attached hydrogens (tertiary/aromatic N) is 2. The van der Waals surface area contributed by atoms with Crippen molar-refractivity contribution in [1.29, 1.82) is 0 Å². The second kappa shape index (κ2) is 10.9. The summed E-state index contributed by atoms with van der Waals surface area (Å²) in [5.41, 5.74) is 0.757. The molecule has 0 aliphatic rings. The van der Waals surface area contributed by atoms with E-state index in [-0.39, 0.29) is 36.1 Å². The maximum atomic E-state index is 11.5. The summed E-state index contributed by atoms with van der Waals surface area (Å²) in [7, 11) is 0. The molecule has 4 aromatic carbocycles. The van der Waals surface area contributed by atoms with Crippen molar-refractivity contribution in [3.63, 3.8) is 0 Å². The van der Waals surface area contributed by atoms with Crippen molar-refractivity contribution in [3.8, 4) is 23.0 Å². The van der Waals surface area contributed by atoms with Gasteiger partial charge in [0.15, 0.2) is 0 Å². The second-order valence-corrected chi connectivity index (χ2v) is 7.44. The molecule has 0 bridgehead atoms. The smallest absolute Gasteiger partial charge is 0.311 e.